The number of likely N-dealkylation sites (tertiary alicyclic amines) is 1. The molecule has 25 heavy (non-hydrogen) atoms. The van der Waals surface area contributed by atoms with Crippen molar-refractivity contribution in [1.29, 1.82) is 0 Å². The first-order chi connectivity index (χ1) is 12.2. The van der Waals surface area contributed by atoms with Crippen molar-refractivity contribution >= 4 is 5.91 Å². The van der Waals surface area contributed by atoms with Crippen LogP contribution in [-0.2, 0) is 0 Å². The van der Waals surface area contributed by atoms with Crippen molar-refractivity contribution < 1.29 is 14.3 Å². The molecule has 132 valence electrons. The maximum absolute atomic E-state index is 12.6. The predicted octanol–water partition coefficient (Wildman–Crippen LogP) is 2.72. The molecule has 0 aliphatic carbocycles. The molecule has 0 saturated carbocycles. The average Bonchev–Trinajstić information content (AvgIpc) is 2.67. The Bertz CT molecular complexity index is 710. The lowest BCUT2D eigenvalue weighted by Gasteiger charge is -2.31. The number of hydrogen-bond acceptors (Lipinski definition) is 5. The standard InChI is InChI=1S/C19H23N3O3/c1-14-6-7-18(21-20-14)25-13-15-8-10-22(11-9-15)19(23)16-4-3-5-17(12-16)24-2/h3-7,12,15H,8-11,13H2,1-2H3. The van der Waals surface area contributed by atoms with Gasteiger partial charge in [0, 0.05) is 24.7 Å². The van der Waals surface area contributed by atoms with Gasteiger partial charge in [0.2, 0.25) is 5.88 Å². The molecule has 1 aliphatic rings. The summed E-state index contributed by atoms with van der Waals surface area (Å²) < 4.78 is 10.9. The van der Waals surface area contributed by atoms with Crippen LogP contribution in [-0.4, -0.2) is 47.8 Å². The molecular weight excluding hydrogens is 318 g/mol. The number of carbonyl (C=O) groups excluding carboxylic acids is 1. The van der Waals surface area contributed by atoms with Gasteiger partial charge in [-0.25, -0.2) is 0 Å². The number of rotatable bonds is 5. The van der Waals surface area contributed by atoms with Crippen LogP contribution in [0.15, 0.2) is 36.4 Å². The minimum Gasteiger partial charge on any atom is -0.497 e. The van der Waals surface area contributed by atoms with E-state index in [1.54, 1.807) is 13.2 Å². The molecule has 0 atom stereocenters. The number of methoxy groups -OCH3 is 1. The van der Waals surface area contributed by atoms with Crippen molar-refractivity contribution in [1.82, 2.24) is 15.1 Å². The zero-order chi connectivity index (χ0) is 17.6. The molecule has 0 bridgehead atoms. The van der Waals surface area contributed by atoms with Crippen LogP contribution in [0.4, 0.5) is 0 Å². The molecule has 0 N–H and O–H groups in total. The van der Waals surface area contributed by atoms with Crippen LogP contribution in [0.5, 0.6) is 11.6 Å². The van der Waals surface area contributed by atoms with Crippen LogP contribution >= 0.6 is 0 Å². The fraction of sp³-hybridized carbons (Fsp3) is 0.421. The van der Waals surface area contributed by atoms with Crippen LogP contribution in [0, 0.1) is 12.8 Å². The first kappa shape index (κ1) is 17.2. The van der Waals surface area contributed by atoms with Crippen molar-refractivity contribution in [2.75, 3.05) is 26.8 Å². The summed E-state index contributed by atoms with van der Waals surface area (Å²) in [6, 6.07) is 11.0. The van der Waals surface area contributed by atoms with E-state index in [0.717, 1.165) is 31.6 Å². The number of carbonyl (C=O) groups is 1. The quantitative estimate of drug-likeness (QED) is 0.837. The number of amides is 1. The number of nitrogens with zero attached hydrogens (tertiary/aromatic N) is 3. The molecule has 0 spiro atoms. The lowest BCUT2D eigenvalue weighted by molar-refractivity contribution is 0.0658. The largest absolute Gasteiger partial charge is 0.497 e. The number of ether oxygens (including phenoxy) is 2. The van der Waals surface area contributed by atoms with Gasteiger partial charge in [-0.1, -0.05) is 6.07 Å². The molecular formula is C19H23N3O3. The van der Waals surface area contributed by atoms with Crippen molar-refractivity contribution in [3.05, 3.63) is 47.7 Å². The second kappa shape index (κ2) is 7.96. The van der Waals surface area contributed by atoms with Crippen molar-refractivity contribution in [2.45, 2.75) is 19.8 Å². The van der Waals surface area contributed by atoms with E-state index in [1.165, 1.54) is 0 Å². The minimum atomic E-state index is 0.0580. The first-order valence-electron chi connectivity index (χ1n) is 8.52. The highest BCUT2D eigenvalue weighted by atomic mass is 16.5. The first-order valence-corrected chi connectivity index (χ1v) is 8.52. The smallest absolute Gasteiger partial charge is 0.253 e. The van der Waals surface area contributed by atoms with Crippen LogP contribution in [0.1, 0.15) is 28.9 Å². The van der Waals surface area contributed by atoms with Gasteiger partial charge in [0.1, 0.15) is 5.75 Å². The molecule has 2 aromatic rings. The maximum Gasteiger partial charge on any atom is 0.253 e. The monoisotopic (exact) mass is 341 g/mol. The Morgan fingerprint density at radius 1 is 1.20 bits per heavy atom. The molecule has 3 rings (SSSR count). The number of piperidine rings is 1. The van der Waals surface area contributed by atoms with E-state index in [1.807, 2.05) is 42.2 Å². The summed E-state index contributed by atoms with van der Waals surface area (Å²) in [4.78, 5) is 14.5. The van der Waals surface area contributed by atoms with Gasteiger partial charge in [0.25, 0.3) is 5.91 Å². The number of benzene rings is 1. The topological polar surface area (TPSA) is 64.5 Å². The molecule has 1 aliphatic heterocycles. The van der Waals surface area contributed by atoms with Gasteiger partial charge in [-0.15, -0.1) is 5.10 Å². The molecule has 1 fully saturated rings. The third-order valence-corrected chi connectivity index (χ3v) is 4.46. The fourth-order valence-corrected chi connectivity index (χ4v) is 2.91. The van der Waals surface area contributed by atoms with E-state index >= 15 is 0 Å². The SMILES string of the molecule is COc1cccc(C(=O)N2CCC(COc3ccc(C)nn3)CC2)c1. The van der Waals surface area contributed by atoms with E-state index < -0.39 is 0 Å². The second-order valence-corrected chi connectivity index (χ2v) is 6.29. The van der Waals surface area contributed by atoms with E-state index in [4.69, 9.17) is 9.47 Å². The minimum absolute atomic E-state index is 0.0580. The Morgan fingerprint density at radius 3 is 2.68 bits per heavy atom. The Balaban J connectivity index is 1.49. The van der Waals surface area contributed by atoms with Gasteiger partial charge in [0.05, 0.1) is 19.4 Å². The summed E-state index contributed by atoms with van der Waals surface area (Å²) in [5.74, 6) is 1.74. The van der Waals surface area contributed by atoms with Gasteiger partial charge >= 0.3 is 0 Å². The zero-order valence-corrected chi connectivity index (χ0v) is 14.6. The Morgan fingerprint density at radius 2 is 2.00 bits per heavy atom. The molecule has 1 amide bonds. The lowest BCUT2D eigenvalue weighted by Crippen LogP contribution is -2.39. The molecule has 6 heteroatoms. The third kappa shape index (κ3) is 4.47. The van der Waals surface area contributed by atoms with Crippen LogP contribution < -0.4 is 9.47 Å². The van der Waals surface area contributed by atoms with Gasteiger partial charge in [-0.3, -0.25) is 4.79 Å². The highest BCUT2D eigenvalue weighted by Crippen LogP contribution is 2.21. The maximum atomic E-state index is 12.6. The Hall–Kier alpha value is -2.63. The van der Waals surface area contributed by atoms with E-state index in [9.17, 15) is 4.79 Å². The summed E-state index contributed by atoms with van der Waals surface area (Å²) >= 11 is 0. The van der Waals surface area contributed by atoms with Gasteiger partial charge in [0.15, 0.2) is 0 Å². The van der Waals surface area contributed by atoms with Crippen molar-refractivity contribution in [3.8, 4) is 11.6 Å². The van der Waals surface area contributed by atoms with Gasteiger partial charge in [-0.2, -0.15) is 5.10 Å². The summed E-state index contributed by atoms with van der Waals surface area (Å²) in [5.41, 5.74) is 1.54. The average molecular weight is 341 g/mol. The molecule has 1 aromatic carbocycles. The van der Waals surface area contributed by atoms with E-state index in [-0.39, 0.29) is 5.91 Å². The zero-order valence-electron chi connectivity index (χ0n) is 14.6. The molecule has 0 unspecified atom stereocenters. The number of aromatic nitrogens is 2. The highest BCUT2D eigenvalue weighted by molar-refractivity contribution is 5.94. The van der Waals surface area contributed by atoms with Crippen molar-refractivity contribution in [3.63, 3.8) is 0 Å². The molecule has 0 radical (unpaired) electrons. The molecule has 1 aromatic heterocycles. The van der Waals surface area contributed by atoms with Crippen LogP contribution in [0.2, 0.25) is 0 Å². The number of hydrogen-bond donors (Lipinski definition) is 0. The third-order valence-electron chi connectivity index (χ3n) is 4.46. The predicted molar refractivity (Wildman–Crippen MR) is 93.9 cm³/mol. The highest BCUT2D eigenvalue weighted by Gasteiger charge is 2.24. The second-order valence-electron chi connectivity index (χ2n) is 6.29. The summed E-state index contributed by atoms with van der Waals surface area (Å²) in [5, 5.41) is 8.00. The Labute approximate surface area is 147 Å². The number of aryl methyl sites for hydroxylation is 1. The van der Waals surface area contributed by atoms with Gasteiger partial charge in [-0.05, 0) is 49.9 Å². The molecule has 1 saturated heterocycles. The molecule has 6 nitrogen and oxygen atoms in total. The van der Waals surface area contributed by atoms with E-state index in [0.29, 0.717) is 29.7 Å². The summed E-state index contributed by atoms with van der Waals surface area (Å²) in [7, 11) is 1.60. The molecule has 2 heterocycles. The Kier molecular flexibility index (Phi) is 5.48. The summed E-state index contributed by atoms with van der Waals surface area (Å²) in [6.07, 6.45) is 1.85. The van der Waals surface area contributed by atoms with Crippen molar-refractivity contribution in [2.24, 2.45) is 5.92 Å². The fourth-order valence-electron chi connectivity index (χ4n) is 2.91. The van der Waals surface area contributed by atoms with Gasteiger partial charge < -0.3 is 14.4 Å². The van der Waals surface area contributed by atoms with Crippen LogP contribution in [0.25, 0.3) is 0 Å². The van der Waals surface area contributed by atoms with E-state index in [2.05, 4.69) is 10.2 Å². The summed E-state index contributed by atoms with van der Waals surface area (Å²) in [6.45, 7) is 3.98. The van der Waals surface area contributed by atoms with Crippen LogP contribution in [0.3, 0.4) is 0 Å². The normalized spacial score (nSPS) is 15.0. The lowest BCUT2D eigenvalue weighted by atomic mass is 9.97.